The van der Waals surface area contributed by atoms with Crippen LogP contribution in [0.4, 0.5) is 18.8 Å². The van der Waals surface area contributed by atoms with Gasteiger partial charge in [-0.15, -0.1) is 0 Å². The van der Waals surface area contributed by atoms with Crippen molar-refractivity contribution in [2.75, 3.05) is 0 Å². The van der Waals surface area contributed by atoms with Crippen LogP contribution in [0, 0.1) is 0 Å². The Kier molecular flexibility index (Phi) is 44.1. The lowest BCUT2D eigenvalue weighted by atomic mass is 15.8. The molecule has 0 aliphatic heterocycles. The first-order valence-electron chi connectivity index (χ1n) is 0.783. The lowest BCUT2D eigenvalue weighted by Crippen LogP contribution is -1.66. The van der Waals surface area contributed by atoms with E-state index in [1.807, 2.05) is 0 Å². The van der Waals surface area contributed by atoms with E-state index in [1.165, 1.54) is 0 Å². The van der Waals surface area contributed by atoms with Gasteiger partial charge < -0.3 is 14.7 Å². The molecule has 0 bridgehead atoms. The molecule has 9 heavy (non-hydrogen) atoms. The topological polar surface area (TPSA) is 77.8 Å². The molecule has 4 nitrogen and oxygen atoms in total. The highest BCUT2D eigenvalue weighted by atomic mass is 31.2. The van der Waals surface area contributed by atoms with Gasteiger partial charge in [0.15, 0.2) is 0 Å². The average molecular weight is 178 g/mol. The number of hydrogen-bond donors (Lipinski definition) is 3. The SMILES string of the molecule is F.F.F.F.O=P(O)(O)O. The van der Waals surface area contributed by atoms with Crippen LogP contribution in [-0.2, 0) is 4.57 Å². The Morgan fingerprint density at radius 2 is 0.778 bits per heavy atom. The first-order chi connectivity index (χ1) is 2.00. The van der Waals surface area contributed by atoms with Crippen LogP contribution in [0.3, 0.4) is 0 Å². The maximum absolute atomic E-state index is 8.88. The van der Waals surface area contributed by atoms with E-state index >= 15 is 0 Å². The van der Waals surface area contributed by atoms with Gasteiger partial charge in [-0.25, -0.2) is 4.57 Å². The van der Waals surface area contributed by atoms with E-state index in [4.69, 9.17) is 19.2 Å². The summed E-state index contributed by atoms with van der Waals surface area (Å²) in [5.41, 5.74) is 0. The molecule has 0 unspecified atom stereocenters. The minimum absolute atomic E-state index is 0. The molecule has 0 heterocycles. The maximum atomic E-state index is 8.88. The highest BCUT2D eigenvalue weighted by Gasteiger charge is 2.00. The predicted octanol–water partition coefficient (Wildman–Crippen LogP) is -0.319. The van der Waals surface area contributed by atoms with Crippen molar-refractivity contribution in [1.29, 1.82) is 0 Å². The van der Waals surface area contributed by atoms with Crippen LogP contribution in [0.1, 0.15) is 0 Å². The average Bonchev–Trinajstić information content (AvgIpc) is 0.722. The molecule has 0 atom stereocenters. The molecule has 0 saturated heterocycles. The van der Waals surface area contributed by atoms with Crippen molar-refractivity contribution in [1.82, 2.24) is 0 Å². The Labute approximate surface area is 47.2 Å². The molecule has 64 valence electrons. The Bertz CT molecular complexity index is 58.7. The Morgan fingerprint density at radius 3 is 0.778 bits per heavy atom. The molecule has 0 rings (SSSR count). The number of hydrogen-bond acceptors (Lipinski definition) is 1. The summed E-state index contributed by atoms with van der Waals surface area (Å²) in [4.78, 5) is 21.6. The van der Waals surface area contributed by atoms with Crippen molar-refractivity contribution in [3.8, 4) is 0 Å². The minimum Gasteiger partial charge on any atom is -0.303 e. The summed E-state index contributed by atoms with van der Waals surface area (Å²) in [7, 11) is -4.64. The summed E-state index contributed by atoms with van der Waals surface area (Å²) >= 11 is 0. The second kappa shape index (κ2) is 10.7. The van der Waals surface area contributed by atoms with Crippen molar-refractivity contribution in [2.24, 2.45) is 0 Å². The van der Waals surface area contributed by atoms with E-state index in [1.54, 1.807) is 0 Å². The van der Waals surface area contributed by atoms with Crippen LogP contribution < -0.4 is 0 Å². The van der Waals surface area contributed by atoms with Gasteiger partial charge in [0, 0.05) is 0 Å². The predicted molar refractivity (Wildman–Crippen MR) is 24.3 cm³/mol. The van der Waals surface area contributed by atoms with Crippen LogP contribution in [0.25, 0.3) is 0 Å². The van der Waals surface area contributed by atoms with Crippen LogP contribution in [0.5, 0.6) is 0 Å². The molecule has 0 radical (unpaired) electrons. The Morgan fingerprint density at radius 1 is 0.778 bits per heavy atom. The van der Waals surface area contributed by atoms with Gasteiger partial charge >= 0.3 is 7.82 Å². The van der Waals surface area contributed by atoms with Gasteiger partial charge in [-0.3, -0.25) is 18.8 Å². The molecule has 0 spiro atoms. The third kappa shape index (κ3) is 9210. The molecule has 3 N–H and O–H groups in total. The Hall–Kier alpha value is -0.170. The second-order valence-corrected chi connectivity index (χ2v) is 1.54. The molecule has 0 aliphatic rings. The summed E-state index contributed by atoms with van der Waals surface area (Å²) in [6, 6.07) is 0. The second-order valence-electron chi connectivity index (χ2n) is 0.513. The van der Waals surface area contributed by atoms with Crippen LogP contribution in [0.2, 0.25) is 0 Å². The van der Waals surface area contributed by atoms with Crippen molar-refractivity contribution >= 4 is 7.82 Å². The molecule has 0 aromatic heterocycles. The fraction of sp³-hybridized carbons (Fsp3) is 0. The minimum atomic E-state index is -4.64. The van der Waals surface area contributed by atoms with E-state index in [0.717, 1.165) is 0 Å². The molecule has 0 amide bonds. The van der Waals surface area contributed by atoms with E-state index in [2.05, 4.69) is 0 Å². The van der Waals surface area contributed by atoms with E-state index in [0.29, 0.717) is 0 Å². The summed E-state index contributed by atoms with van der Waals surface area (Å²) in [5, 5.41) is 0. The molecular formula is H7F4O4P. The first kappa shape index (κ1) is 36.9. The lowest BCUT2D eigenvalue weighted by Gasteiger charge is -1.82. The smallest absolute Gasteiger partial charge is 0.303 e. The normalized spacial score (nSPS) is 6.56. The number of phosphoric acid groups is 1. The van der Waals surface area contributed by atoms with Gasteiger partial charge in [-0.1, -0.05) is 0 Å². The van der Waals surface area contributed by atoms with Crippen LogP contribution in [-0.4, -0.2) is 14.7 Å². The standard InChI is InChI=1S/4FH.H3O4P/c;;;;1-5(2,3)4/h4*1H;(H3,1,2,3,4). The van der Waals surface area contributed by atoms with E-state index in [9.17, 15) is 0 Å². The van der Waals surface area contributed by atoms with Gasteiger partial charge in [0.25, 0.3) is 0 Å². The highest BCUT2D eigenvalue weighted by Crippen LogP contribution is 2.25. The van der Waals surface area contributed by atoms with Crippen LogP contribution >= 0.6 is 7.82 Å². The zero-order valence-corrected chi connectivity index (χ0v) is 4.72. The maximum Gasteiger partial charge on any atom is 0.466 e. The third-order valence-corrected chi connectivity index (χ3v) is 0. The molecular weight excluding hydrogens is 171 g/mol. The first-order valence-corrected chi connectivity index (χ1v) is 2.35. The van der Waals surface area contributed by atoms with E-state index in [-0.39, 0.29) is 18.8 Å². The molecule has 0 aliphatic carbocycles. The van der Waals surface area contributed by atoms with Gasteiger partial charge in [0.1, 0.15) is 0 Å². The van der Waals surface area contributed by atoms with Gasteiger partial charge in [0.05, 0.1) is 0 Å². The summed E-state index contributed by atoms with van der Waals surface area (Å²) in [6.07, 6.45) is 0. The number of rotatable bonds is 0. The zero-order valence-electron chi connectivity index (χ0n) is 3.83. The quantitative estimate of drug-likeness (QED) is 0.351. The van der Waals surface area contributed by atoms with Gasteiger partial charge in [0.2, 0.25) is 0 Å². The number of halogens is 4. The Balaban J connectivity index is -0.0000000133. The third-order valence-electron chi connectivity index (χ3n) is 0. The van der Waals surface area contributed by atoms with Crippen molar-refractivity contribution in [2.45, 2.75) is 0 Å². The highest BCUT2D eigenvalue weighted by molar-refractivity contribution is 7.45. The van der Waals surface area contributed by atoms with Crippen molar-refractivity contribution < 1.29 is 38.1 Å². The van der Waals surface area contributed by atoms with Crippen molar-refractivity contribution in [3.05, 3.63) is 0 Å². The largest absolute Gasteiger partial charge is 0.466 e. The summed E-state index contributed by atoms with van der Waals surface area (Å²) < 4.78 is 8.88. The molecule has 0 aromatic rings. The van der Waals surface area contributed by atoms with Crippen molar-refractivity contribution in [3.63, 3.8) is 0 Å². The van der Waals surface area contributed by atoms with E-state index < -0.39 is 7.82 Å². The summed E-state index contributed by atoms with van der Waals surface area (Å²) in [5.74, 6) is 0. The fourth-order valence-corrected chi connectivity index (χ4v) is 0. The van der Waals surface area contributed by atoms with Crippen LogP contribution in [0.15, 0.2) is 0 Å². The molecule has 0 saturated carbocycles. The summed E-state index contributed by atoms with van der Waals surface area (Å²) in [6.45, 7) is 0. The van der Waals surface area contributed by atoms with Gasteiger partial charge in [-0.2, -0.15) is 0 Å². The molecule has 9 heteroatoms. The zero-order chi connectivity index (χ0) is 4.50. The fourth-order valence-electron chi connectivity index (χ4n) is 0. The molecule has 0 aromatic carbocycles. The lowest BCUT2D eigenvalue weighted by molar-refractivity contribution is 0.275. The molecule has 0 fully saturated rings. The monoisotopic (exact) mass is 178 g/mol. The van der Waals surface area contributed by atoms with Gasteiger partial charge in [-0.05, 0) is 0 Å².